The van der Waals surface area contributed by atoms with Crippen molar-refractivity contribution in [1.82, 2.24) is 0 Å². The zero-order valence-corrected chi connectivity index (χ0v) is 16.6. The number of nitrogens with one attached hydrogen (secondary N) is 1. The van der Waals surface area contributed by atoms with Gasteiger partial charge in [0.1, 0.15) is 5.60 Å². The Morgan fingerprint density at radius 2 is 1.30 bits per heavy atom. The van der Waals surface area contributed by atoms with Gasteiger partial charge in [-0.05, 0) is 31.9 Å². The van der Waals surface area contributed by atoms with Gasteiger partial charge in [-0.2, -0.15) is 0 Å². The highest BCUT2D eigenvalue weighted by molar-refractivity contribution is 7.75. The third kappa shape index (κ3) is 6.75. The maximum atomic E-state index is 13.2. The van der Waals surface area contributed by atoms with E-state index in [1.807, 2.05) is 36.4 Å². The lowest BCUT2D eigenvalue weighted by Crippen LogP contribution is -2.29. The Morgan fingerprint density at radius 1 is 0.889 bits per heavy atom. The summed E-state index contributed by atoms with van der Waals surface area (Å²) >= 11 is 0. The SMILES string of the molecule is CC(C)(C)OC(=O)C(=N)P(=O)(OCc1ccccc1)OCc1ccccc1. The Balaban J connectivity index is 2.16. The van der Waals surface area contributed by atoms with Crippen LogP contribution in [0.3, 0.4) is 0 Å². The number of benzene rings is 2. The van der Waals surface area contributed by atoms with Gasteiger partial charge in [-0.25, -0.2) is 4.79 Å². The third-order valence-corrected chi connectivity index (χ3v) is 5.02. The molecule has 0 aliphatic rings. The first kappa shape index (κ1) is 21.0. The molecule has 27 heavy (non-hydrogen) atoms. The quantitative estimate of drug-likeness (QED) is 0.393. The van der Waals surface area contributed by atoms with Crippen molar-refractivity contribution in [3.63, 3.8) is 0 Å². The van der Waals surface area contributed by atoms with Crippen molar-refractivity contribution in [2.24, 2.45) is 0 Å². The fourth-order valence-electron chi connectivity index (χ4n) is 2.07. The van der Waals surface area contributed by atoms with Gasteiger partial charge in [0.25, 0.3) is 0 Å². The molecule has 0 spiro atoms. The van der Waals surface area contributed by atoms with Crippen molar-refractivity contribution in [3.05, 3.63) is 71.8 Å². The van der Waals surface area contributed by atoms with Gasteiger partial charge in [0.2, 0.25) is 5.45 Å². The zero-order valence-electron chi connectivity index (χ0n) is 15.7. The van der Waals surface area contributed by atoms with E-state index in [4.69, 9.17) is 19.2 Å². The fourth-order valence-corrected chi connectivity index (χ4v) is 3.31. The maximum Gasteiger partial charge on any atom is 0.387 e. The van der Waals surface area contributed by atoms with Crippen LogP contribution in [0.4, 0.5) is 0 Å². The second-order valence-electron chi connectivity index (χ2n) is 6.87. The van der Waals surface area contributed by atoms with E-state index >= 15 is 0 Å². The molecule has 0 fully saturated rings. The van der Waals surface area contributed by atoms with Gasteiger partial charge in [0, 0.05) is 0 Å². The van der Waals surface area contributed by atoms with Gasteiger partial charge in [-0.3, -0.25) is 19.0 Å². The van der Waals surface area contributed by atoms with E-state index in [1.54, 1.807) is 45.0 Å². The van der Waals surface area contributed by atoms with Crippen LogP contribution < -0.4 is 0 Å². The van der Waals surface area contributed by atoms with Gasteiger partial charge in [0.15, 0.2) is 0 Å². The van der Waals surface area contributed by atoms with Crippen LogP contribution in [0.1, 0.15) is 31.9 Å². The first-order chi connectivity index (χ1) is 12.7. The number of ether oxygens (including phenoxy) is 1. The summed E-state index contributed by atoms with van der Waals surface area (Å²) < 4.78 is 29.3. The lowest BCUT2D eigenvalue weighted by Gasteiger charge is -2.23. The van der Waals surface area contributed by atoms with E-state index in [0.717, 1.165) is 11.1 Å². The highest BCUT2D eigenvalue weighted by Gasteiger charge is 2.39. The van der Waals surface area contributed by atoms with Crippen molar-refractivity contribution in [1.29, 1.82) is 5.41 Å². The van der Waals surface area contributed by atoms with Crippen LogP contribution in [0.15, 0.2) is 60.7 Å². The first-order valence-corrected chi connectivity index (χ1v) is 10.0. The molecule has 2 aromatic rings. The molecular formula is C20H24NO5P. The summed E-state index contributed by atoms with van der Waals surface area (Å²) in [7, 11) is -4.17. The van der Waals surface area contributed by atoms with Crippen LogP contribution in [0.5, 0.6) is 0 Å². The second kappa shape index (κ2) is 9.09. The predicted octanol–water partition coefficient (Wildman–Crippen LogP) is 4.93. The van der Waals surface area contributed by atoms with Crippen LogP contribution in [0, 0.1) is 5.41 Å². The van der Waals surface area contributed by atoms with Crippen LogP contribution in [0.25, 0.3) is 0 Å². The topological polar surface area (TPSA) is 85.7 Å². The average molecular weight is 389 g/mol. The summed E-state index contributed by atoms with van der Waals surface area (Å²) in [5.41, 5.74) is -0.145. The molecule has 0 radical (unpaired) electrons. The lowest BCUT2D eigenvalue weighted by atomic mass is 10.2. The maximum absolute atomic E-state index is 13.2. The van der Waals surface area contributed by atoms with E-state index in [0.29, 0.717) is 0 Å². The normalized spacial score (nSPS) is 11.8. The number of rotatable bonds is 8. The molecule has 0 amide bonds. The van der Waals surface area contributed by atoms with Crippen molar-refractivity contribution < 1.29 is 23.1 Å². The summed E-state index contributed by atoms with van der Waals surface area (Å²) in [6.07, 6.45) is 0. The minimum atomic E-state index is -4.17. The minimum absolute atomic E-state index is 0.0575. The molecule has 2 rings (SSSR count). The molecule has 0 atom stereocenters. The lowest BCUT2D eigenvalue weighted by molar-refractivity contribution is -0.145. The molecule has 144 valence electrons. The number of hydrogen-bond donors (Lipinski definition) is 1. The summed E-state index contributed by atoms with van der Waals surface area (Å²) in [5, 5.41) is 8.07. The minimum Gasteiger partial charge on any atom is -0.455 e. The van der Waals surface area contributed by atoms with Crippen molar-refractivity contribution in [3.8, 4) is 0 Å². The molecule has 0 unspecified atom stereocenters. The Labute approximate surface area is 159 Å². The Hall–Kier alpha value is -2.27. The smallest absolute Gasteiger partial charge is 0.387 e. The van der Waals surface area contributed by atoms with Gasteiger partial charge in [-0.1, -0.05) is 60.7 Å². The van der Waals surface area contributed by atoms with Crippen molar-refractivity contribution >= 4 is 19.0 Å². The summed E-state index contributed by atoms with van der Waals surface area (Å²) in [4.78, 5) is 12.2. The molecular weight excluding hydrogens is 365 g/mol. The standard InChI is InChI=1S/C20H24NO5P/c1-20(2,3)26-19(22)18(21)27(23,24-14-16-10-6-4-7-11-16)25-15-17-12-8-5-9-13-17/h4-13,21H,14-15H2,1-3H3. The van der Waals surface area contributed by atoms with Crippen LogP contribution in [-0.2, 0) is 36.4 Å². The van der Waals surface area contributed by atoms with E-state index in [-0.39, 0.29) is 13.2 Å². The fraction of sp³-hybridized carbons (Fsp3) is 0.300. The number of esters is 1. The van der Waals surface area contributed by atoms with Gasteiger partial charge in [0.05, 0.1) is 13.2 Å². The summed E-state index contributed by atoms with van der Waals surface area (Å²) in [6, 6.07) is 18.1. The Morgan fingerprint density at radius 3 is 1.67 bits per heavy atom. The number of carbonyl (C=O) groups is 1. The average Bonchev–Trinajstić information content (AvgIpc) is 2.64. The van der Waals surface area contributed by atoms with Gasteiger partial charge in [-0.15, -0.1) is 0 Å². The summed E-state index contributed by atoms with van der Waals surface area (Å²) in [6.45, 7) is 4.88. The second-order valence-corrected chi connectivity index (χ2v) is 8.82. The Kier molecular flexibility index (Phi) is 7.08. The molecule has 2 aromatic carbocycles. The van der Waals surface area contributed by atoms with E-state index in [9.17, 15) is 9.36 Å². The highest BCUT2D eigenvalue weighted by Crippen LogP contribution is 2.51. The largest absolute Gasteiger partial charge is 0.455 e. The predicted molar refractivity (Wildman–Crippen MR) is 104 cm³/mol. The molecule has 0 saturated heterocycles. The number of hydrogen-bond acceptors (Lipinski definition) is 6. The molecule has 0 aromatic heterocycles. The molecule has 6 nitrogen and oxygen atoms in total. The van der Waals surface area contributed by atoms with Gasteiger partial charge < -0.3 is 4.74 Å². The molecule has 0 heterocycles. The molecule has 1 N–H and O–H groups in total. The van der Waals surface area contributed by atoms with Crippen molar-refractivity contribution in [2.45, 2.75) is 39.6 Å². The van der Waals surface area contributed by atoms with E-state index in [1.165, 1.54) is 0 Å². The van der Waals surface area contributed by atoms with Crippen LogP contribution in [0.2, 0.25) is 0 Å². The van der Waals surface area contributed by atoms with E-state index in [2.05, 4.69) is 0 Å². The van der Waals surface area contributed by atoms with Crippen molar-refractivity contribution in [2.75, 3.05) is 0 Å². The highest BCUT2D eigenvalue weighted by atomic mass is 31.2. The molecule has 0 aliphatic heterocycles. The molecule has 0 saturated carbocycles. The molecule has 0 aliphatic carbocycles. The molecule has 0 bridgehead atoms. The summed E-state index contributed by atoms with van der Waals surface area (Å²) in [5.74, 6) is -1.02. The number of carbonyl (C=O) groups excluding carboxylic acids is 1. The third-order valence-electron chi connectivity index (χ3n) is 3.35. The first-order valence-electron chi connectivity index (χ1n) is 8.49. The van der Waals surface area contributed by atoms with Gasteiger partial charge >= 0.3 is 13.6 Å². The Bertz CT molecular complexity index is 768. The van der Waals surface area contributed by atoms with Crippen LogP contribution in [-0.4, -0.2) is 17.0 Å². The van der Waals surface area contributed by atoms with E-state index < -0.39 is 24.6 Å². The monoisotopic (exact) mass is 389 g/mol. The zero-order chi connectivity index (χ0) is 19.9. The van der Waals surface area contributed by atoms with Crippen LogP contribution >= 0.6 is 7.60 Å². The molecule has 7 heteroatoms.